The van der Waals surface area contributed by atoms with Gasteiger partial charge in [0.05, 0.1) is 22.3 Å². The van der Waals surface area contributed by atoms with Gasteiger partial charge in [-0.05, 0) is 31.0 Å². The van der Waals surface area contributed by atoms with Crippen molar-refractivity contribution in [2.24, 2.45) is 0 Å². The van der Waals surface area contributed by atoms with Gasteiger partial charge in [-0.15, -0.1) is 10.2 Å². The zero-order valence-corrected chi connectivity index (χ0v) is 16.3. The highest BCUT2D eigenvalue weighted by molar-refractivity contribution is 5.94. The Bertz CT molecular complexity index is 1320. The second-order valence-corrected chi connectivity index (χ2v) is 7.64. The van der Waals surface area contributed by atoms with Crippen molar-refractivity contribution in [3.63, 3.8) is 0 Å². The van der Waals surface area contributed by atoms with Gasteiger partial charge in [0, 0.05) is 36.8 Å². The van der Waals surface area contributed by atoms with E-state index in [1.54, 1.807) is 6.20 Å². The number of nitriles is 1. The molecule has 0 radical (unpaired) electrons. The number of aromatic nitrogens is 4. The molecule has 0 bridgehead atoms. The maximum atomic E-state index is 13.2. The first-order valence-electron chi connectivity index (χ1n) is 9.90. The lowest BCUT2D eigenvalue weighted by molar-refractivity contribution is -0.137. The van der Waals surface area contributed by atoms with E-state index < -0.39 is 11.7 Å². The number of fused-ring (bicyclic) bond motifs is 2. The maximum absolute atomic E-state index is 13.2. The average molecular weight is 422 g/mol. The van der Waals surface area contributed by atoms with Gasteiger partial charge in [0.2, 0.25) is 0 Å². The number of alkyl halides is 3. The Morgan fingerprint density at radius 3 is 2.74 bits per heavy atom. The fourth-order valence-electron chi connectivity index (χ4n) is 4.29. The van der Waals surface area contributed by atoms with E-state index in [-0.39, 0.29) is 5.92 Å². The molecule has 0 spiro atoms. The zero-order chi connectivity index (χ0) is 21.6. The molecule has 156 valence electrons. The van der Waals surface area contributed by atoms with Crippen LogP contribution >= 0.6 is 0 Å². The van der Waals surface area contributed by atoms with Gasteiger partial charge < -0.3 is 4.90 Å². The number of rotatable bonds is 2. The van der Waals surface area contributed by atoms with Gasteiger partial charge in [0.15, 0.2) is 5.65 Å². The largest absolute Gasteiger partial charge is 0.417 e. The summed E-state index contributed by atoms with van der Waals surface area (Å²) in [6.07, 6.45) is -0.208. The maximum Gasteiger partial charge on any atom is 0.417 e. The minimum absolute atomic E-state index is 0.120. The Morgan fingerprint density at radius 1 is 1.10 bits per heavy atom. The lowest BCUT2D eigenvalue weighted by Gasteiger charge is -2.34. The smallest absolute Gasteiger partial charge is 0.369 e. The van der Waals surface area contributed by atoms with E-state index in [2.05, 4.69) is 26.2 Å². The molecule has 0 N–H and O–H groups in total. The van der Waals surface area contributed by atoms with E-state index in [1.165, 1.54) is 10.5 Å². The van der Waals surface area contributed by atoms with Crippen LogP contribution in [0.5, 0.6) is 0 Å². The summed E-state index contributed by atoms with van der Waals surface area (Å²) in [4.78, 5) is 6.48. The van der Waals surface area contributed by atoms with Gasteiger partial charge in [-0.1, -0.05) is 18.2 Å². The van der Waals surface area contributed by atoms with Crippen LogP contribution in [-0.4, -0.2) is 32.7 Å². The van der Waals surface area contributed by atoms with Gasteiger partial charge in [0.25, 0.3) is 0 Å². The number of nitrogens with zero attached hydrogens (tertiary/aromatic N) is 6. The van der Waals surface area contributed by atoms with Crippen molar-refractivity contribution in [1.29, 1.82) is 5.26 Å². The van der Waals surface area contributed by atoms with E-state index in [9.17, 15) is 18.4 Å². The summed E-state index contributed by atoms with van der Waals surface area (Å²) in [5, 5.41) is 18.8. The number of pyridine rings is 2. The number of anilines is 1. The molecule has 1 unspecified atom stereocenters. The monoisotopic (exact) mass is 422 g/mol. The van der Waals surface area contributed by atoms with E-state index in [0.717, 1.165) is 48.2 Å². The summed E-state index contributed by atoms with van der Waals surface area (Å²) in [6, 6.07) is 12.2. The molecule has 1 atom stereocenters. The first kappa shape index (κ1) is 19.3. The van der Waals surface area contributed by atoms with Crippen LogP contribution in [0.25, 0.3) is 16.6 Å². The van der Waals surface area contributed by atoms with Crippen LogP contribution < -0.4 is 4.90 Å². The average Bonchev–Trinajstić information content (AvgIpc) is 3.21. The number of piperidine rings is 1. The lowest BCUT2D eigenvalue weighted by Crippen LogP contribution is -2.35. The molecule has 0 aliphatic carbocycles. The van der Waals surface area contributed by atoms with Gasteiger partial charge in [0.1, 0.15) is 11.9 Å². The van der Waals surface area contributed by atoms with Crippen LogP contribution in [0, 0.1) is 11.3 Å². The second kappa shape index (κ2) is 7.23. The van der Waals surface area contributed by atoms with E-state index >= 15 is 0 Å². The Morgan fingerprint density at radius 2 is 1.94 bits per heavy atom. The van der Waals surface area contributed by atoms with Crippen LogP contribution in [0.15, 0.2) is 48.8 Å². The van der Waals surface area contributed by atoms with Crippen molar-refractivity contribution in [2.45, 2.75) is 24.9 Å². The van der Waals surface area contributed by atoms with Crippen molar-refractivity contribution in [3.05, 3.63) is 65.7 Å². The van der Waals surface area contributed by atoms with Crippen LogP contribution in [0.3, 0.4) is 0 Å². The number of halogens is 3. The predicted octanol–water partition coefficient (Wildman–Crippen LogP) is 4.55. The van der Waals surface area contributed by atoms with Crippen LogP contribution in [0.1, 0.15) is 35.7 Å². The number of hydrogen-bond acceptors (Lipinski definition) is 5. The molecule has 5 rings (SSSR count). The minimum Gasteiger partial charge on any atom is -0.369 e. The standard InChI is InChI=1S/C22H17F3N6/c23-22(24,25)16-7-8-19-28-29-21(31(19)13-16)14-4-3-9-30(12-14)20-15(10-26)11-27-18-6-2-1-5-17(18)20/h1-2,5-8,11,13-14H,3-4,9,12H2. The molecule has 0 saturated carbocycles. The van der Waals surface area contributed by atoms with Crippen LogP contribution in [0.2, 0.25) is 0 Å². The lowest BCUT2D eigenvalue weighted by atomic mass is 9.95. The van der Waals surface area contributed by atoms with Crippen molar-refractivity contribution in [1.82, 2.24) is 19.6 Å². The summed E-state index contributed by atoms with van der Waals surface area (Å²) < 4.78 is 41.1. The molecule has 1 aromatic carbocycles. The molecule has 31 heavy (non-hydrogen) atoms. The first-order valence-corrected chi connectivity index (χ1v) is 9.90. The van der Waals surface area contributed by atoms with Crippen molar-refractivity contribution >= 4 is 22.2 Å². The molecular weight excluding hydrogens is 405 g/mol. The third kappa shape index (κ3) is 3.34. The van der Waals surface area contributed by atoms with E-state index in [4.69, 9.17) is 0 Å². The SMILES string of the molecule is N#Cc1cnc2ccccc2c1N1CCCC(c2nnc3ccc(C(F)(F)F)cn23)C1. The fraction of sp³-hybridized carbons (Fsp3) is 0.273. The molecule has 1 aliphatic rings. The molecule has 1 saturated heterocycles. The Kier molecular flexibility index (Phi) is 4.50. The molecular formula is C22H17F3N6. The van der Waals surface area contributed by atoms with Gasteiger partial charge in [-0.25, -0.2) is 0 Å². The van der Waals surface area contributed by atoms with Crippen molar-refractivity contribution < 1.29 is 13.2 Å². The second-order valence-electron chi connectivity index (χ2n) is 7.64. The summed E-state index contributed by atoms with van der Waals surface area (Å²) in [5.41, 5.74) is 1.72. The summed E-state index contributed by atoms with van der Waals surface area (Å²) in [7, 11) is 0. The molecule has 3 aromatic heterocycles. The highest BCUT2D eigenvalue weighted by Crippen LogP contribution is 2.36. The van der Waals surface area contributed by atoms with E-state index in [0.29, 0.717) is 23.6 Å². The Balaban J connectivity index is 1.56. The zero-order valence-electron chi connectivity index (χ0n) is 16.3. The minimum atomic E-state index is -4.44. The van der Waals surface area contributed by atoms with Crippen LogP contribution in [-0.2, 0) is 6.18 Å². The molecule has 4 aromatic rings. The third-order valence-electron chi connectivity index (χ3n) is 5.73. The first-order chi connectivity index (χ1) is 15.0. The number of para-hydroxylation sites is 1. The quantitative estimate of drug-likeness (QED) is 0.474. The molecule has 1 aliphatic heterocycles. The fourth-order valence-corrected chi connectivity index (χ4v) is 4.29. The third-order valence-corrected chi connectivity index (χ3v) is 5.73. The topological polar surface area (TPSA) is 70.1 Å². The number of hydrogen-bond donors (Lipinski definition) is 0. The Labute approximate surface area is 175 Å². The van der Waals surface area contributed by atoms with Crippen molar-refractivity contribution in [3.8, 4) is 6.07 Å². The van der Waals surface area contributed by atoms with Crippen LogP contribution in [0.4, 0.5) is 18.9 Å². The molecule has 6 nitrogen and oxygen atoms in total. The van der Waals surface area contributed by atoms with Gasteiger partial charge in [-0.2, -0.15) is 18.4 Å². The summed E-state index contributed by atoms with van der Waals surface area (Å²) >= 11 is 0. The van der Waals surface area contributed by atoms with Gasteiger partial charge in [-0.3, -0.25) is 9.38 Å². The highest BCUT2D eigenvalue weighted by atomic mass is 19.4. The van der Waals surface area contributed by atoms with Gasteiger partial charge >= 0.3 is 6.18 Å². The highest BCUT2D eigenvalue weighted by Gasteiger charge is 2.32. The molecule has 4 heterocycles. The Hall–Kier alpha value is -3.67. The molecule has 1 fully saturated rings. The summed E-state index contributed by atoms with van der Waals surface area (Å²) in [6.45, 7) is 1.27. The van der Waals surface area contributed by atoms with E-state index in [1.807, 2.05) is 24.3 Å². The number of benzene rings is 1. The normalized spacial score (nSPS) is 17.2. The summed E-state index contributed by atoms with van der Waals surface area (Å²) in [5.74, 6) is 0.383. The molecule has 9 heteroatoms. The van der Waals surface area contributed by atoms with Crippen molar-refractivity contribution in [2.75, 3.05) is 18.0 Å². The molecule has 0 amide bonds. The predicted molar refractivity (Wildman–Crippen MR) is 109 cm³/mol.